The lowest BCUT2D eigenvalue weighted by Gasteiger charge is -2.11. The number of hydrogen-bond acceptors (Lipinski definition) is 3. The third kappa shape index (κ3) is 2.08. The van der Waals surface area contributed by atoms with Crippen LogP contribution in [0.3, 0.4) is 0 Å². The number of benzene rings is 1. The highest BCUT2D eigenvalue weighted by Gasteiger charge is 2.10. The molecular weight excluding hydrogens is 230 g/mol. The van der Waals surface area contributed by atoms with Crippen LogP contribution < -0.4 is 0 Å². The Hall–Kier alpha value is -1.91. The molecule has 0 bridgehead atoms. The maximum atomic E-state index is 10.9. The summed E-state index contributed by atoms with van der Waals surface area (Å²) >= 11 is 0. The molecule has 0 saturated heterocycles. The van der Waals surface area contributed by atoms with E-state index in [1.165, 1.54) is 0 Å². The Morgan fingerprint density at radius 2 is 1.78 bits per heavy atom. The molecule has 18 heavy (non-hydrogen) atoms. The molecule has 0 amide bonds. The van der Waals surface area contributed by atoms with Crippen molar-refractivity contribution in [2.24, 2.45) is 0 Å². The lowest BCUT2D eigenvalue weighted by Crippen LogP contribution is -2.01. The summed E-state index contributed by atoms with van der Waals surface area (Å²) < 4.78 is 1.96. The zero-order valence-corrected chi connectivity index (χ0v) is 10.3. The molecule has 0 radical (unpaired) electrons. The van der Waals surface area contributed by atoms with Crippen molar-refractivity contribution in [2.75, 3.05) is 0 Å². The van der Waals surface area contributed by atoms with E-state index in [1.807, 2.05) is 24.5 Å². The summed E-state index contributed by atoms with van der Waals surface area (Å²) in [6, 6.07) is 8.72. The maximum absolute atomic E-state index is 10.9. The summed E-state index contributed by atoms with van der Waals surface area (Å²) in [5, 5.41) is 18.1. The first-order valence-electron chi connectivity index (χ1n) is 5.65. The van der Waals surface area contributed by atoms with E-state index in [4.69, 9.17) is 10.2 Å². The van der Waals surface area contributed by atoms with Gasteiger partial charge < -0.3 is 14.8 Å². The van der Waals surface area contributed by atoms with Crippen LogP contribution >= 0.6 is 0 Å². The fraction of sp³-hybridized carbons (Fsp3) is 0.214. The summed E-state index contributed by atoms with van der Waals surface area (Å²) in [5.74, 6) is 0. The minimum Gasteiger partial charge on any atom is -0.364 e. The molecule has 2 N–H and O–H groups in total. The molecule has 0 fully saturated rings. The van der Waals surface area contributed by atoms with Crippen molar-refractivity contribution in [2.45, 2.75) is 20.1 Å². The Morgan fingerprint density at radius 3 is 2.22 bits per heavy atom. The highest BCUT2D eigenvalue weighted by atomic mass is 16.5. The number of nitrogens with zero attached hydrogens (tertiary/aromatic N) is 1. The molecule has 4 nitrogen and oxygen atoms in total. The van der Waals surface area contributed by atoms with Crippen LogP contribution in [0.4, 0.5) is 0 Å². The minimum absolute atomic E-state index is 0.442. The number of aliphatic hydroxyl groups excluding tert-OH is 1. The van der Waals surface area contributed by atoms with Crippen LogP contribution in [0.5, 0.6) is 0 Å². The van der Waals surface area contributed by atoms with Crippen molar-refractivity contribution in [3.63, 3.8) is 0 Å². The number of carbonyl (C=O) groups is 1. The first kappa shape index (κ1) is 12.5. The number of hydrogen-bond donors (Lipinski definition) is 2. The molecular formula is C14H15NO3. The van der Waals surface area contributed by atoms with Crippen LogP contribution in [-0.4, -0.2) is 21.1 Å². The van der Waals surface area contributed by atoms with Crippen LogP contribution in [0.1, 0.15) is 33.6 Å². The molecule has 0 saturated carbocycles. The van der Waals surface area contributed by atoms with Gasteiger partial charge in [-0.15, -0.1) is 0 Å². The molecule has 1 aromatic carbocycles. The Labute approximate surface area is 105 Å². The van der Waals surface area contributed by atoms with Crippen LogP contribution in [0, 0.1) is 13.8 Å². The number of carbonyl (C=O) groups excluding carboxylic acids is 1. The van der Waals surface area contributed by atoms with E-state index in [9.17, 15) is 4.79 Å². The molecule has 0 unspecified atom stereocenters. The molecule has 1 aromatic heterocycles. The fourth-order valence-corrected chi connectivity index (χ4v) is 2.10. The zero-order chi connectivity index (χ0) is 13.3. The second kappa shape index (κ2) is 4.76. The number of aliphatic hydroxyl groups is 2. The lowest BCUT2D eigenvalue weighted by molar-refractivity contribution is -0.0424. The van der Waals surface area contributed by atoms with Crippen LogP contribution in [0.2, 0.25) is 0 Å². The molecule has 0 aliphatic carbocycles. The molecule has 0 spiro atoms. The van der Waals surface area contributed by atoms with Gasteiger partial charge in [0.05, 0.1) is 0 Å². The highest BCUT2D eigenvalue weighted by molar-refractivity contribution is 5.77. The number of rotatable bonds is 3. The molecule has 1 heterocycles. The van der Waals surface area contributed by atoms with Crippen molar-refractivity contribution >= 4 is 6.29 Å². The van der Waals surface area contributed by atoms with E-state index < -0.39 is 6.29 Å². The average Bonchev–Trinajstić information content (AvgIpc) is 2.64. The number of aromatic nitrogens is 1. The van der Waals surface area contributed by atoms with E-state index in [1.54, 1.807) is 24.3 Å². The molecule has 4 heteroatoms. The quantitative estimate of drug-likeness (QED) is 0.641. The largest absolute Gasteiger partial charge is 0.364 e. The Bertz CT molecular complexity index is 567. The van der Waals surface area contributed by atoms with Gasteiger partial charge in [0.2, 0.25) is 0 Å². The number of aldehydes is 1. The predicted octanol–water partition coefficient (Wildman–Crippen LogP) is 1.89. The maximum Gasteiger partial charge on any atom is 0.178 e. The van der Waals surface area contributed by atoms with Gasteiger partial charge in [-0.2, -0.15) is 0 Å². The van der Waals surface area contributed by atoms with E-state index in [-0.39, 0.29) is 0 Å². The van der Waals surface area contributed by atoms with Gasteiger partial charge in [0.15, 0.2) is 12.6 Å². The standard InChI is InChI=1S/C14H15NO3/c1-9-7-12(8-16)10(2)15(9)13-5-3-11(4-6-13)14(17)18/h3-8,14,17-18H,1-2H3. The second-order valence-electron chi connectivity index (χ2n) is 4.24. The normalized spacial score (nSPS) is 10.9. The molecule has 0 atom stereocenters. The summed E-state index contributed by atoms with van der Waals surface area (Å²) in [6.45, 7) is 3.81. The van der Waals surface area contributed by atoms with Gasteiger partial charge >= 0.3 is 0 Å². The molecule has 94 valence electrons. The molecule has 0 aliphatic rings. The van der Waals surface area contributed by atoms with Crippen LogP contribution in [-0.2, 0) is 0 Å². The summed E-state index contributed by atoms with van der Waals surface area (Å²) in [5.41, 5.74) is 3.84. The lowest BCUT2D eigenvalue weighted by atomic mass is 10.2. The molecule has 2 rings (SSSR count). The highest BCUT2D eigenvalue weighted by Crippen LogP contribution is 2.21. The average molecular weight is 245 g/mol. The molecule has 0 aliphatic heterocycles. The van der Waals surface area contributed by atoms with Gasteiger partial charge in [0, 0.05) is 28.2 Å². The van der Waals surface area contributed by atoms with Gasteiger partial charge in [-0.05, 0) is 32.0 Å². The SMILES string of the molecule is Cc1cc(C=O)c(C)n1-c1ccc(C(O)O)cc1. The van der Waals surface area contributed by atoms with E-state index in [2.05, 4.69) is 0 Å². The van der Waals surface area contributed by atoms with Gasteiger partial charge in [-0.1, -0.05) is 12.1 Å². The minimum atomic E-state index is -1.46. The monoisotopic (exact) mass is 245 g/mol. The third-order valence-electron chi connectivity index (χ3n) is 3.05. The third-order valence-corrected chi connectivity index (χ3v) is 3.05. The van der Waals surface area contributed by atoms with Gasteiger partial charge in [-0.3, -0.25) is 4.79 Å². The molecule has 2 aromatic rings. The smallest absolute Gasteiger partial charge is 0.178 e. The van der Waals surface area contributed by atoms with Gasteiger partial charge in [0.25, 0.3) is 0 Å². The number of aryl methyl sites for hydroxylation is 1. The second-order valence-corrected chi connectivity index (χ2v) is 4.24. The van der Waals surface area contributed by atoms with E-state index >= 15 is 0 Å². The van der Waals surface area contributed by atoms with Gasteiger partial charge in [-0.25, -0.2) is 0 Å². The fourth-order valence-electron chi connectivity index (χ4n) is 2.10. The van der Waals surface area contributed by atoms with Crippen molar-refractivity contribution in [1.82, 2.24) is 4.57 Å². The topological polar surface area (TPSA) is 62.5 Å². The van der Waals surface area contributed by atoms with Crippen molar-refractivity contribution in [1.29, 1.82) is 0 Å². The van der Waals surface area contributed by atoms with E-state index in [0.29, 0.717) is 11.1 Å². The Kier molecular flexibility index (Phi) is 3.32. The first-order valence-corrected chi connectivity index (χ1v) is 5.65. The first-order chi connectivity index (χ1) is 8.54. The van der Waals surface area contributed by atoms with Crippen molar-refractivity contribution in [3.05, 3.63) is 52.8 Å². The Balaban J connectivity index is 2.49. The predicted molar refractivity (Wildman–Crippen MR) is 67.8 cm³/mol. The van der Waals surface area contributed by atoms with Crippen molar-refractivity contribution < 1.29 is 15.0 Å². The van der Waals surface area contributed by atoms with Crippen LogP contribution in [0.25, 0.3) is 5.69 Å². The Morgan fingerprint density at radius 1 is 1.17 bits per heavy atom. The van der Waals surface area contributed by atoms with Gasteiger partial charge in [0.1, 0.15) is 0 Å². The van der Waals surface area contributed by atoms with Crippen LogP contribution in [0.15, 0.2) is 30.3 Å². The summed E-state index contributed by atoms with van der Waals surface area (Å²) in [6.07, 6.45) is -0.624. The van der Waals surface area contributed by atoms with E-state index in [0.717, 1.165) is 23.4 Å². The summed E-state index contributed by atoms with van der Waals surface area (Å²) in [7, 11) is 0. The van der Waals surface area contributed by atoms with Crippen molar-refractivity contribution in [3.8, 4) is 5.69 Å². The zero-order valence-electron chi connectivity index (χ0n) is 10.3. The summed E-state index contributed by atoms with van der Waals surface area (Å²) in [4.78, 5) is 10.9.